The van der Waals surface area contributed by atoms with E-state index >= 15 is 0 Å². The van der Waals surface area contributed by atoms with Crippen LogP contribution in [-0.4, -0.2) is 47.2 Å². The van der Waals surface area contributed by atoms with Crippen LogP contribution in [0.5, 0.6) is 0 Å². The Morgan fingerprint density at radius 1 is 1.19 bits per heavy atom. The largest absolute Gasteiger partial charge is 0.479 e. The molecule has 0 bridgehead atoms. The van der Waals surface area contributed by atoms with Crippen molar-refractivity contribution in [2.45, 2.75) is 45.6 Å². The third-order valence-electron chi connectivity index (χ3n) is 1.78. The first kappa shape index (κ1) is 17.7. The number of aliphatic hydroxyl groups is 2. The molecule has 0 saturated carbocycles. The molecule has 0 aromatic rings. The highest BCUT2D eigenvalue weighted by molar-refractivity contribution is 5.71. The smallest absolute Gasteiger partial charge is 0.332 e. The number of rotatable bonds is 8. The van der Waals surface area contributed by atoms with Crippen molar-refractivity contribution in [1.82, 2.24) is 0 Å². The second-order valence-electron chi connectivity index (χ2n) is 3.36. The summed E-state index contributed by atoms with van der Waals surface area (Å²) in [5.74, 6) is -0.892. The Labute approximate surface area is 97.1 Å². The van der Waals surface area contributed by atoms with Gasteiger partial charge in [0.05, 0.1) is 0 Å². The second kappa shape index (κ2) is 14.3. The van der Waals surface area contributed by atoms with Gasteiger partial charge in [-0.1, -0.05) is 13.3 Å². The Kier molecular flexibility index (Phi) is 15.9. The van der Waals surface area contributed by atoms with Crippen molar-refractivity contribution < 1.29 is 24.9 Å². The van der Waals surface area contributed by atoms with Gasteiger partial charge in [-0.05, 0) is 26.2 Å². The van der Waals surface area contributed by atoms with E-state index in [9.17, 15) is 4.79 Å². The number of hydrogen-bond acceptors (Lipinski definition) is 4. The maximum atomic E-state index is 10.2. The Bertz CT molecular complexity index is 145. The first-order chi connectivity index (χ1) is 7.59. The molecule has 0 saturated heterocycles. The summed E-state index contributed by atoms with van der Waals surface area (Å²) in [7, 11) is 0. The molecule has 5 heteroatoms. The topological polar surface area (TPSA) is 87.0 Å². The molecule has 5 nitrogen and oxygen atoms in total. The van der Waals surface area contributed by atoms with Crippen LogP contribution in [0.2, 0.25) is 0 Å². The third-order valence-corrected chi connectivity index (χ3v) is 1.78. The van der Waals surface area contributed by atoms with Gasteiger partial charge in [-0.15, -0.1) is 0 Å². The van der Waals surface area contributed by atoms with Gasteiger partial charge in [-0.25, -0.2) is 4.79 Å². The van der Waals surface area contributed by atoms with Crippen molar-refractivity contribution in [3.05, 3.63) is 0 Å². The summed E-state index contributed by atoms with van der Waals surface area (Å²) in [6, 6.07) is 0. The molecular formula is C11H24O5. The number of aliphatic carboxylic acids is 1. The molecule has 1 unspecified atom stereocenters. The molecule has 0 radical (unpaired) electrons. The molecule has 0 amide bonds. The molecule has 16 heavy (non-hydrogen) atoms. The number of carboxylic acid groups (broad SMARTS) is 1. The van der Waals surface area contributed by atoms with Crippen LogP contribution in [0.25, 0.3) is 0 Å². The van der Waals surface area contributed by atoms with Crippen LogP contribution in [-0.2, 0) is 9.53 Å². The predicted octanol–water partition coefficient (Wildman–Crippen LogP) is 1.03. The van der Waals surface area contributed by atoms with E-state index in [1.54, 1.807) is 0 Å². The molecule has 0 aliphatic rings. The minimum atomic E-state index is -0.892. The van der Waals surface area contributed by atoms with Crippen LogP contribution in [0.1, 0.15) is 39.5 Å². The summed E-state index contributed by atoms with van der Waals surface area (Å²) < 4.78 is 4.94. The molecule has 98 valence electrons. The number of aliphatic hydroxyl groups excluding tert-OH is 2. The average molecular weight is 236 g/mol. The summed E-state index contributed by atoms with van der Waals surface area (Å²) >= 11 is 0. The number of unbranched alkanes of at least 4 members (excludes halogenated alkanes) is 2. The van der Waals surface area contributed by atoms with E-state index in [1.165, 1.54) is 6.92 Å². The molecular weight excluding hydrogens is 212 g/mol. The van der Waals surface area contributed by atoms with Gasteiger partial charge >= 0.3 is 5.97 Å². The molecule has 3 N–H and O–H groups in total. The lowest BCUT2D eigenvalue weighted by atomic mass is 10.3. The van der Waals surface area contributed by atoms with E-state index < -0.39 is 12.1 Å². The Hall–Kier alpha value is -0.650. The Balaban J connectivity index is 0. The molecule has 0 aromatic carbocycles. The zero-order valence-electron chi connectivity index (χ0n) is 10.2. The molecule has 0 aromatic heterocycles. The van der Waals surface area contributed by atoms with E-state index in [0.29, 0.717) is 6.61 Å². The summed E-state index contributed by atoms with van der Waals surface area (Å²) in [5.41, 5.74) is 0. The van der Waals surface area contributed by atoms with Crippen molar-refractivity contribution in [2.24, 2.45) is 0 Å². The van der Waals surface area contributed by atoms with Crippen LogP contribution >= 0.6 is 0 Å². The fourth-order valence-corrected chi connectivity index (χ4v) is 0.699. The first-order valence-electron chi connectivity index (χ1n) is 5.66. The van der Waals surface area contributed by atoms with E-state index in [0.717, 1.165) is 25.7 Å². The van der Waals surface area contributed by atoms with Crippen LogP contribution in [0.15, 0.2) is 0 Å². The minimum absolute atomic E-state index is 0.195. The standard InChI is InChI=1S/C7H14O3.C4H10O2/c1-3-4-5-10-6(2)7(8)9;5-3-1-2-4-6/h6H,3-5H2,1-2H3,(H,8,9);5-6H,1-4H2. The maximum Gasteiger partial charge on any atom is 0.332 e. The molecule has 0 rings (SSSR count). The molecule has 0 spiro atoms. The van der Waals surface area contributed by atoms with Crippen LogP contribution in [0, 0.1) is 0 Å². The van der Waals surface area contributed by atoms with Gasteiger partial charge in [0.25, 0.3) is 0 Å². The highest BCUT2D eigenvalue weighted by Crippen LogP contribution is 1.94. The number of hydrogen-bond donors (Lipinski definition) is 3. The molecule has 1 atom stereocenters. The zero-order chi connectivity index (χ0) is 12.8. The normalized spacial score (nSPS) is 11.5. The number of carboxylic acids is 1. The quantitative estimate of drug-likeness (QED) is 0.548. The van der Waals surface area contributed by atoms with E-state index in [-0.39, 0.29) is 13.2 Å². The van der Waals surface area contributed by atoms with Crippen molar-refractivity contribution >= 4 is 5.97 Å². The summed E-state index contributed by atoms with van der Waals surface area (Å²) in [6.45, 7) is 4.51. The fraction of sp³-hybridized carbons (Fsp3) is 0.909. The molecule has 0 aliphatic carbocycles. The number of ether oxygens (including phenoxy) is 1. The van der Waals surface area contributed by atoms with Crippen LogP contribution in [0.4, 0.5) is 0 Å². The van der Waals surface area contributed by atoms with Gasteiger partial charge in [0, 0.05) is 19.8 Å². The zero-order valence-corrected chi connectivity index (χ0v) is 10.2. The van der Waals surface area contributed by atoms with E-state index in [2.05, 4.69) is 0 Å². The average Bonchev–Trinajstić information content (AvgIpc) is 2.27. The van der Waals surface area contributed by atoms with Crippen molar-refractivity contribution in [2.75, 3.05) is 19.8 Å². The van der Waals surface area contributed by atoms with Crippen molar-refractivity contribution in [3.8, 4) is 0 Å². The third kappa shape index (κ3) is 15.8. The maximum absolute atomic E-state index is 10.2. The highest BCUT2D eigenvalue weighted by Gasteiger charge is 2.09. The van der Waals surface area contributed by atoms with Crippen molar-refractivity contribution in [1.29, 1.82) is 0 Å². The molecule has 0 fully saturated rings. The Morgan fingerprint density at radius 3 is 2.00 bits per heavy atom. The Morgan fingerprint density at radius 2 is 1.69 bits per heavy atom. The lowest BCUT2D eigenvalue weighted by Crippen LogP contribution is -2.20. The van der Waals surface area contributed by atoms with Crippen molar-refractivity contribution in [3.63, 3.8) is 0 Å². The predicted molar refractivity (Wildman–Crippen MR) is 61.4 cm³/mol. The van der Waals surface area contributed by atoms with Gasteiger partial charge in [0.2, 0.25) is 0 Å². The summed E-state index contributed by atoms with van der Waals surface area (Å²) in [4.78, 5) is 10.2. The fourth-order valence-electron chi connectivity index (χ4n) is 0.699. The van der Waals surface area contributed by atoms with Gasteiger partial charge < -0.3 is 20.1 Å². The lowest BCUT2D eigenvalue weighted by molar-refractivity contribution is -0.149. The summed E-state index contributed by atoms with van der Waals surface area (Å²) in [6.07, 6.45) is 2.74. The van der Waals surface area contributed by atoms with Gasteiger partial charge in [-0.3, -0.25) is 0 Å². The van der Waals surface area contributed by atoms with Gasteiger partial charge in [0.1, 0.15) is 0 Å². The minimum Gasteiger partial charge on any atom is -0.479 e. The van der Waals surface area contributed by atoms with Gasteiger partial charge in [-0.2, -0.15) is 0 Å². The number of carbonyl (C=O) groups is 1. The lowest BCUT2D eigenvalue weighted by Gasteiger charge is -2.06. The van der Waals surface area contributed by atoms with E-state index in [4.69, 9.17) is 20.1 Å². The van der Waals surface area contributed by atoms with E-state index in [1.807, 2.05) is 6.92 Å². The SMILES string of the molecule is CCCCOC(C)C(=O)O.OCCCCO. The second-order valence-corrected chi connectivity index (χ2v) is 3.36. The molecule has 0 heterocycles. The summed E-state index contributed by atoms with van der Waals surface area (Å²) in [5, 5.41) is 24.5. The van der Waals surface area contributed by atoms with Crippen LogP contribution < -0.4 is 0 Å². The monoisotopic (exact) mass is 236 g/mol. The van der Waals surface area contributed by atoms with Gasteiger partial charge in [0.15, 0.2) is 6.10 Å². The first-order valence-corrected chi connectivity index (χ1v) is 5.66. The molecule has 0 aliphatic heterocycles. The highest BCUT2D eigenvalue weighted by atomic mass is 16.5. The van der Waals surface area contributed by atoms with Crippen LogP contribution in [0.3, 0.4) is 0 Å².